The maximum Gasteiger partial charge on any atom is 0.270 e. The Bertz CT molecular complexity index is 786. The van der Waals surface area contributed by atoms with Gasteiger partial charge in [0, 0.05) is 23.9 Å². The van der Waals surface area contributed by atoms with E-state index in [9.17, 15) is 10.1 Å². The zero-order chi connectivity index (χ0) is 13.4. The van der Waals surface area contributed by atoms with Crippen molar-refractivity contribution in [3.8, 4) is 11.4 Å². The third-order valence-corrected chi connectivity index (χ3v) is 2.82. The van der Waals surface area contributed by atoms with Gasteiger partial charge in [-0.3, -0.25) is 15.2 Å². The van der Waals surface area contributed by atoms with Crippen LogP contribution >= 0.6 is 11.6 Å². The lowest BCUT2D eigenvalue weighted by Gasteiger charge is -2.01. The van der Waals surface area contributed by atoms with Crippen LogP contribution in [0.1, 0.15) is 0 Å². The predicted molar refractivity (Wildman–Crippen MR) is 68.8 cm³/mol. The van der Waals surface area contributed by atoms with E-state index in [1.807, 2.05) is 0 Å². The van der Waals surface area contributed by atoms with Crippen molar-refractivity contribution in [1.82, 2.24) is 20.2 Å². The molecule has 0 radical (unpaired) electrons. The van der Waals surface area contributed by atoms with Crippen molar-refractivity contribution in [3.05, 3.63) is 45.7 Å². The molecular formula is C11H6ClN5O2. The van der Waals surface area contributed by atoms with Crippen LogP contribution in [0.4, 0.5) is 5.69 Å². The molecule has 2 aromatic heterocycles. The minimum atomic E-state index is -0.471. The Balaban J connectivity index is 2.18. The molecule has 0 aliphatic rings. The summed E-state index contributed by atoms with van der Waals surface area (Å²) in [6.07, 6.45) is 1.59. The molecule has 0 unspecified atom stereocenters. The molecule has 8 heteroatoms. The number of nitrogens with one attached hydrogen (secondary N) is 1. The normalized spacial score (nSPS) is 10.8. The van der Waals surface area contributed by atoms with Gasteiger partial charge in [-0.05, 0) is 0 Å². The molecule has 1 N–H and O–H groups in total. The number of nitro benzene ring substituents is 1. The molecule has 0 saturated carbocycles. The maximum atomic E-state index is 10.7. The number of H-pyrrole nitrogens is 1. The molecule has 2 heterocycles. The van der Waals surface area contributed by atoms with E-state index in [2.05, 4.69) is 20.2 Å². The van der Waals surface area contributed by atoms with Gasteiger partial charge >= 0.3 is 0 Å². The number of halogens is 1. The molecule has 0 fully saturated rings. The largest absolute Gasteiger partial charge is 0.283 e. The van der Waals surface area contributed by atoms with Gasteiger partial charge in [-0.25, -0.2) is 9.97 Å². The summed E-state index contributed by atoms with van der Waals surface area (Å²) in [5, 5.41) is 17.5. The number of aromatic nitrogens is 4. The molecular weight excluding hydrogens is 270 g/mol. The second kappa shape index (κ2) is 4.29. The van der Waals surface area contributed by atoms with Crippen molar-refractivity contribution in [2.75, 3.05) is 0 Å². The van der Waals surface area contributed by atoms with E-state index in [1.54, 1.807) is 18.3 Å². The van der Waals surface area contributed by atoms with Crippen LogP contribution in [0.15, 0.2) is 30.5 Å². The summed E-state index contributed by atoms with van der Waals surface area (Å²) in [6, 6.07) is 6.06. The first-order chi connectivity index (χ1) is 9.15. The number of nitro groups is 1. The number of hydrogen-bond donors (Lipinski definition) is 1. The summed E-state index contributed by atoms with van der Waals surface area (Å²) < 4.78 is 0. The topological polar surface area (TPSA) is 97.6 Å². The average Bonchev–Trinajstić information content (AvgIpc) is 2.87. The Morgan fingerprint density at radius 1 is 1.32 bits per heavy atom. The lowest BCUT2D eigenvalue weighted by molar-refractivity contribution is -0.384. The first-order valence-corrected chi connectivity index (χ1v) is 5.65. The number of rotatable bonds is 2. The molecule has 3 rings (SSSR count). The predicted octanol–water partition coefficient (Wildman–Crippen LogP) is 2.58. The molecule has 0 amide bonds. The number of benzene rings is 1. The van der Waals surface area contributed by atoms with Gasteiger partial charge in [0.1, 0.15) is 11.0 Å². The zero-order valence-corrected chi connectivity index (χ0v) is 10.1. The number of non-ortho nitro benzene ring substituents is 1. The van der Waals surface area contributed by atoms with Crippen LogP contribution < -0.4 is 0 Å². The quantitative estimate of drug-likeness (QED) is 0.440. The highest BCUT2D eigenvalue weighted by Gasteiger charge is 2.12. The lowest BCUT2D eigenvalue weighted by Crippen LogP contribution is -1.93. The Morgan fingerprint density at radius 2 is 2.16 bits per heavy atom. The third-order valence-electron chi connectivity index (χ3n) is 2.56. The maximum absolute atomic E-state index is 10.7. The molecule has 0 spiro atoms. The molecule has 94 valence electrons. The molecule has 3 aromatic rings. The van der Waals surface area contributed by atoms with Crippen LogP contribution in [-0.2, 0) is 0 Å². The van der Waals surface area contributed by atoms with Crippen molar-refractivity contribution in [3.63, 3.8) is 0 Å². The van der Waals surface area contributed by atoms with E-state index in [0.717, 1.165) is 0 Å². The molecule has 1 aromatic carbocycles. The summed E-state index contributed by atoms with van der Waals surface area (Å²) in [7, 11) is 0. The van der Waals surface area contributed by atoms with Crippen LogP contribution in [0, 0.1) is 10.1 Å². The van der Waals surface area contributed by atoms with Crippen LogP contribution in [0.3, 0.4) is 0 Å². The molecule has 7 nitrogen and oxygen atoms in total. The molecule has 19 heavy (non-hydrogen) atoms. The van der Waals surface area contributed by atoms with E-state index in [4.69, 9.17) is 11.6 Å². The monoisotopic (exact) mass is 275 g/mol. The van der Waals surface area contributed by atoms with E-state index in [1.165, 1.54) is 12.1 Å². The van der Waals surface area contributed by atoms with Crippen molar-refractivity contribution in [2.45, 2.75) is 0 Å². The Labute approximate surface area is 111 Å². The molecule has 0 aliphatic heterocycles. The van der Waals surface area contributed by atoms with Crippen LogP contribution in [0.25, 0.3) is 22.4 Å². The smallest absolute Gasteiger partial charge is 0.270 e. The van der Waals surface area contributed by atoms with Gasteiger partial charge in [-0.2, -0.15) is 5.10 Å². The third kappa shape index (κ3) is 2.00. The number of hydrogen-bond acceptors (Lipinski definition) is 5. The lowest BCUT2D eigenvalue weighted by atomic mass is 10.2. The van der Waals surface area contributed by atoms with Gasteiger partial charge in [0.2, 0.25) is 0 Å². The number of fused-ring (bicyclic) bond motifs is 1. The van der Waals surface area contributed by atoms with Crippen LogP contribution in [-0.4, -0.2) is 25.1 Å². The van der Waals surface area contributed by atoms with Crippen LogP contribution in [0.5, 0.6) is 0 Å². The van der Waals surface area contributed by atoms with Gasteiger partial charge in [0.25, 0.3) is 5.69 Å². The number of aromatic amines is 1. The zero-order valence-electron chi connectivity index (χ0n) is 9.37. The standard InChI is InChI=1S/C11H6ClN5O2/c12-10-9-8(5-13-16-9)14-11(15-10)6-2-1-3-7(4-6)17(18)19/h1-5H,(H,13,16). The molecule has 0 atom stereocenters. The highest BCUT2D eigenvalue weighted by molar-refractivity contribution is 6.33. The summed E-state index contributed by atoms with van der Waals surface area (Å²) in [5.74, 6) is 0.322. The first kappa shape index (κ1) is 11.5. The minimum Gasteiger partial charge on any atom is -0.283 e. The first-order valence-electron chi connectivity index (χ1n) is 5.27. The van der Waals surface area contributed by atoms with E-state index < -0.39 is 4.92 Å². The van der Waals surface area contributed by atoms with Gasteiger partial charge in [0.05, 0.1) is 4.92 Å². The van der Waals surface area contributed by atoms with Gasteiger partial charge in [0.15, 0.2) is 11.0 Å². The van der Waals surface area contributed by atoms with Gasteiger partial charge in [-0.15, -0.1) is 0 Å². The molecule has 0 aliphatic carbocycles. The molecule has 0 saturated heterocycles. The van der Waals surface area contributed by atoms with E-state index in [0.29, 0.717) is 22.4 Å². The van der Waals surface area contributed by atoms with Crippen molar-refractivity contribution in [1.29, 1.82) is 0 Å². The summed E-state index contributed by atoms with van der Waals surface area (Å²) in [5.41, 5.74) is 1.53. The van der Waals surface area contributed by atoms with Crippen molar-refractivity contribution < 1.29 is 4.92 Å². The van der Waals surface area contributed by atoms with Crippen molar-refractivity contribution >= 4 is 28.3 Å². The fourth-order valence-electron chi connectivity index (χ4n) is 1.69. The highest BCUT2D eigenvalue weighted by atomic mass is 35.5. The highest BCUT2D eigenvalue weighted by Crippen LogP contribution is 2.25. The summed E-state index contributed by atoms with van der Waals surface area (Å²) in [6.45, 7) is 0. The minimum absolute atomic E-state index is 0.0236. The SMILES string of the molecule is O=[N+]([O-])c1cccc(-c2nc(Cl)c3n[nH]cc3n2)c1. The second-order valence-electron chi connectivity index (χ2n) is 3.76. The van der Waals surface area contributed by atoms with Crippen LogP contribution in [0.2, 0.25) is 5.15 Å². The summed E-state index contributed by atoms with van der Waals surface area (Å²) >= 11 is 5.99. The Kier molecular flexibility index (Phi) is 2.60. The Hall–Kier alpha value is -2.54. The van der Waals surface area contributed by atoms with Crippen molar-refractivity contribution in [2.24, 2.45) is 0 Å². The van der Waals surface area contributed by atoms with E-state index >= 15 is 0 Å². The second-order valence-corrected chi connectivity index (χ2v) is 4.12. The average molecular weight is 276 g/mol. The fourth-order valence-corrected chi connectivity index (χ4v) is 1.91. The van der Waals surface area contributed by atoms with Gasteiger partial charge in [-0.1, -0.05) is 23.7 Å². The number of nitrogens with zero attached hydrogens (tertiary/aromatic N) is 4. The fraction of sp³-hybridized carbons (Fsp3) is 0. The summed E-state index contributed by atoms with van der Waals surface area (Å²) in [4.78, 5) is 18.6. The van der Waals surface area contributed by atoms with E-state index in [-0.39, 0.29) is 10.8 Å². The van der Waals surface area contributed by atoms with Gasteiger partial charge < -0.3 is 0 Å². The Morgan fingerprint density at radius 3 is 2.95 bits per heavy atom. The molecule has 0 bridgehead atoms.